The minimum Gasteiger partial charge on any atom is -0.491 e. The second kappa shape index (κ2) is 13.0. The number of anilines is 1. The molecule has 2 heterocycles. The summed E-state index contributed by atoms with van der Waals surface area (Å²) in [5, 5.41) is 3.50. The Bertz CT molecular complexity index is 876. The van der Waals surface area contributed by atoms with Crippen molar-refractivity contribution >= 4 is 5.69 Å². The predicted octanol–water partition coefficient (Wildman–Crippen LogP) is 3.61. The van der Waals surface area contributed by atoms with Crippen LogP contribution in [0.3, 0.4) is 0 Å². The summed E-state index contributed by atoms with van der Waals surface area (Å²) in [4.78, 5) is 2.39. The molecule has 2 aromatic rings. The molecular formula is C27H38N2O5. The number of nitrogens with one attached hydrogen (secondary N) is 1. The van der Waals surface area contributed by atoms with Gasteiger partial charge >= 0.3 is 0 Å². The fourth-order valence-electron chi connectivity index (χ4n) is 4.68. The molecule has 2 aliphatic rings. The van der Waals surface area contributed by atoms with Crippen LogP contribution in [0, 0.1) is 0 Å². The molecule has 0 spiro atoms. The average Bonchev–Trinajstić information content (AvgIpc) is 2.88. The lowest BCUT2D eigenvalue weighted by Crippen LogP contribution is -2.41. The Kier molecular flexibility index (Phi) is 9.44. The van der Waals surface area contributed by atoms with Crippen LogP contribution in [-0.2, 0) is 20.8 Å². The second-order valence-corrected chi connectivity index (χ2v) is 8.84. The lowest BCUT2D eigenvalue weighted by Gasteiger charge is -2.33. The summed E-state index contributed by atoms with van der Waals surface area (Å²) in [6, 6.07) is 14.9. The van der Waals surface area contributed by atoms with E-state index in [1.807, 2.05) is 12.1 Å². The van der Waals surface area contributed by atoms with Crippen LogP contribution < -0.4 is 19.7 Å². The lowest BCUT2D eigenvalue weighted by molar-refractivity contribution is 0.0106. The quantitative estimate of drug-likeness (QED) is 0.476. The number of ether oxygens (including phenoxy) is 5. The molecule has 2 aromatic carbocycles. The van der Waals surface area contributed by atoms with Gasteiger partial charge < -0.3 is 33.9 Å². The summed E-state index contributed by atoms with van der Waals surface area (Å²) in [5.41, 5.74) is 3.63. The van der Waals surface area contributed by atoms with E-state index in [1.165, 1.54) is 11.1 Å². The summed E-state index contributed by atoms with van der Waals surface area (Å²) in [5.74, 6) is 2.19. The Morgan fingerprint density at radius 3 is 2.71 bits per heavy atom. The molecule has 1 saturated heterocycles. The Morgan fingerprint density at radius 1 is 1.03 bits per heavy atom. The Hall–Kier alpha value is -2.32. The monoisotopic (exact) mass is 470 g/mol. The molecule has 0 aromatic heterocycles. The number of methoxy groups -OCH3 is 2. The number of rotatable bonds is 12. The summed E-state index contributed by atoms with van der Waals surface area (Å²) < 4.78 is 28.4. The predicted molar refractivity (Wildman–Crippen MR) is 133 cm³/mol. The van der Waals surface area contributed by atoms with Gasteiger partial charge in [-0.2, -0.15) is 0 Å². The highest BCUT2D eigenvalue weighted by atomic mass is 16.5. The highest BCUT2D eigenvalue weighted by molar-refractivity contribution is 5.61. The minimum atomic E-state index is 0.124. The maximum absolute atomic E-state index is 6.48. The zero-order valence-electron chi connectivity index (χ0n) is 20.5. The van der Waals surface area contributed by atoms with Crippen molar-refractivity contribution in [1.82, 2.24) is 5.32 Å². The summed E-state index contributed by atoms with van der Waals surface area (Å²) in [7, 11) is 3.43. The molecule has 186 valence electrons. The molecule has 7 heteroatoms. The van der Waals surface area contributed by atoms with Crippen LogP contribution in [0.2, 0.25) is 0 Å². The van der Waals surface area contributed by atoms with Crippen molar-refractivity contribution < 1.29 is 23.7 Å². The van der Waals surface area contributed by atoms with E-state index in [9.17, 15) is 0 Å². The molecule has 0 saturated carbocycles. The molecule has 0 amide bonds. The first-order valence-electron chi connectivity index (χ1n) is 12.3. The zero-order valence-corrected chi connectivity index (χ0v) is 20.5. The normalized spacial score (nSPS) is 20.0. The fraction of sp³-hybridized carbons (Fsp3) is 0.556. The van der Waals surface area contributed by atoms with Crippen molar-refractivity contribution in [2.24, 2.45) is 0 Å². The van der Waals surface area contributed by atoms with Crippen LogP contribution in [0.4, 0.5) is 5.69 Å². The smallest absolute Gasteiger partial charge is 0.142 e. The third kappa shape index (κ3) is 6.63. The highest BCUT2D eigenvalue weighted by Gasteiger charge is 2.27. The van der Waals surface area contributed by atoms with E-state index in [0.29, 0.717) is 25.7 Å². The summed E-state index contributed by atoms with van der Waals surface area (Å²) >= 11 is 0. The Labute approximate surface area is 203 Å². The van der Waals surface area contributed by atoms with Gasteiger partial charge in [0.05, 0.1) is 31.5 Å². The van der Waals surface area contributed by atoms with Gasteiger partial charge in [0.2, 0.25) is 0 Å². The van der Waals surface area contributed by atoms with Gasteiger partial charge in [-0.25, -0.2) is 0 Å². The molecule has 34 heavy (non-hydrogen) atoms. The van der Waals surface area contributed by atoms with E-state index in [1.54, 1.807) is 14.2 Å². The van der Waals surface area contributed by atoms with Gasteiger partial charge in [0.15, 0.2) is 0 Å². The van der Waals surface area contributed by atoms with Crippen LogP contribution in [0.15, 0.2) is 42.5 Å². The van der Waals surface area contributed by atoms with Crippen LogP contribution in [0.25, 0.3) is 0 Å². The van der Waals surface area contributed by atoms with Gasteiger partial charge in [0, 0.05) is 39.8 Å². The molecule has 7 nitrogen and oxygen atoms in total. The third-order valence-electron chi connectivity index (χ3n) is 6.51. The van der Waals surface area contributed by atoms with Crippen molar-refractivity contribution in [1.29, 1.82) is 0 Å². The molecular weight excluding hydrogens is 432 g/mol. The maximum atomic E-state index is 6.48. The first kappa shape index (κ1) is 24.8. The molecule has 4 rings (SSSR count). The standard InChI is InChI=1S/C27H38N2O5/c1-30-14-3-12-29-13-15-33-26-9-4-21(18-25(26)29)20-34-27-19-28-11-10-24(27)22-5-7-23(8-6-22)32-17-16-31-2/h4-9,18,24,27-28H,3,10-17,19-20H2,1-2H3. The van der Waals surface area contributed by atoms with Crippen molar-refractivity contribution in [3.63, 3.8) is 0 Å². The molecule has 2 atom stereocenters. The van der Waals surface area contributed by atoms with Crippen LogP contribution >= 0.6 is 0 Å². The summed E-state index contributed by atoms with van der Waals surface area (Å²) in [6.45, 7) is 6.95. The van der Waals surface area contributed by atoms with Gasteiger partial charge in [-0.15, -0.1) is 0 Å². The number of hydrogen-bond donors (Lipinski definition) is 1. The van der Waals surface area contributed by atoms with Gasteiger partial charge in [-0.1, -0.05) is 18.2 Å². The third-order valence-corrected chi connectivity index (χ3v) is 6.51. The first-order valence-corrected chi connectivity index (χ1v) is 12.3. The number of benzene rings is 2. The zero-order chi connectivity index (χ0) is 23.6. The van der Waals surface area contributed by atoms with Crippen molar-refractivity contribution in [2.75, 3.05) is 71.7 Å². The van der Waals surface area contributed by atoms with E-state index in [2.05, 4.69) is 40.5 Å². The van der Waals surface area contributed by atoms with Crippen LogP contribution in [0.5, 0.6) is 11.5 Å². The topological polar surface area (TPSA) is 61.4 Å². The molecule has 0 aliphatic carbocycles. The van der Waals surface area contributed by atoms with E-state index in [-0.39, 0.29) is 6.10 Å². The van der Waals surface area contributed by atoms with Gasteiger partial charge in [0.25, 0.3) is 0 Å². The first-order chi connectivity index (χ1) is 16.8. The van der Waals surface area contributed by atoms with Crippen molar-refractivity contribution in [3.05, 3.63) is 53.6 Å². The molecule has 1 N–H and O–H groups in total. The van der Waals surface area contributed by atoms with Crippen molar-refractivity contribution in [2.45, 2.75) is 31.5 Å². The molecule has 1 fully saturated rings. The number of fused-ring (bicyclic) bond motifs is 1. The summed E-state index contributed by atoms with van der Waals surface area (Å²) in [6.07, 6.45) is 2.18. The van der Waals surface area contributed by atoms with E-state index >= 15 is 0 Å². The Morgan fingerprint density at radius 2 is 1.88 bits per heavy atom. The highest BCUT2D eigenvalue weighted by Crippen LogP contribution is 2.34. The molecule has 2 unspecified atom stereocenters. The number of piperidine rings is 1. The average molecular weight is 471 g/mol. The lowest BCUT2D eigenvalue weighted by atomic mass is 9.87. The van der Waals surface area contributed by atoms with E-state index in [0.717, 1.165) is 69.4 Å². The van der Waals surface area contributed by atoms with Gasteiger partial charge in [-0.05, 0) is 54.8 Å². The Balaban J connectivity index is 1.37. The minimum absolute atomic E-state index is 0.124. The largest absolute Gasteiger partial charge is 0.491 e. The van der Waals surface area contributed by atoms with Crippen LogP contribution in [-0.4, -0.2) is 72.9 Å². The number of hydrogen-bond acceptors (Lipinski definition) is 7. The van der Waals surface area contributed by atoms with Gasteiger partial charge in [-0.3, -0.25) is 0 Å². The van der Waals surface area contributed by atoms with E-state index < -0.39 is 0 Å². The van der Waals surface area contributed by atoms with Crippen LogP contribution in [0.1, 0.15) is 29.9 Å². The maximum Gasteiger partial charge on any atom is 0.142 e. The van der Waals surface area contributed by atoms with Gasteiger partial charge in [0.1, 0.15) is 24.7 Å². The molecule has 0 radical (unpaired) electrons. The SMILES string of the molecule is COCCCN1CCOc2ccc(COC3CNCCC3c3ccc(OCCOC)cc3)cc21. The number of nitrogens with zero attached hydrogens (tertiary/aromatic N) is 1. The second-order valence-electron chi connectivity index (χ2n) is 8.84. The van der Waals surface area contributed by atoms with Crippen molar-refractivity contribution in [3.8, 4) is 11.5 Å². The fourth-order valence-corrected chi connectivity index (χ4v) is 4.68. The van der Waals surface area contributed by atoms with E-state index in [4.69, 9.17) is 23.7 Å². The molecule has 0 bridgehead atoms. The molecule has 2 aliphatic heterocycles.